The Balaban J connectivity index is 1.65. The smallest absolute Gasteiger partial charge is 0.247 e. The average molecular weight is 579 g/mol. The van der Waals surface area contributed by atoms with Crippen LogP contribution in [0.25, 0.3) is 0 Å². The number of rotatable bonds is 9. The summed E-state index contributed by atoms with van der Waals surface area (Å²) < 4.78 is 18.4. The first-order valence-electron chi connectivity index (χ1n) is 12.8. The van der Waals surface area contributed by atoms with Crippen molar-refractivity contribution in [2.24, 2.45) is 0 Å². The highest BCUT2D eigenvalue weighted by Gasteiger charge is 2.18. The molecular formula is C29H32ClN6O3P. The Hall–Kier alpha value is -3.83. The number of likely N-dealkylation sites (tertiary alicyclic amines) is 1. The quantitative estimate of drug-likeness (QED) is 0.175. The van der Waals surface area contributed by atoms with E-state index in [1.807, 2.05) is 24.3 Å². The molecule has 0 unspecified atom stereocenters. The van der Waals surface area contributed by atoms with Gasteiger partial charge < -0.3 is 25.3 Å². The van der Waals surface area contributed by atoms with E-state index in [1.165, 1.54) is 25.1 Å². The highest BCUT2D eigenvalue weighted by Crippen LogP contribution is 2.39. The Kier molecular flexibility index (Phi) is 9.49. The van der Waals surface area contributed by atoms with Crippen LogP contribution in [0.15, 0.2) is 55.3 Å². The number of halogens is 1. The number of nitrogens with zero attached hydrogens (tertiary/aromatic N) is 3. The minimum atomic E-state index is -2.56. The van der Waals surface area contributed by atoms with Crippen molar-refractivity contribution in [1.29, 1.82) is 0 Å². The molecule has 2 heterocycles. The molecule has 3 N–H and O–H groups in total. The molecule has 0 spiro atoms. The van der Waals surface area contributed by atoms with Gasteiger partial charge in [-0.3, -0.25) is 9.69 Å². The molecule has 1 aliphatic rings. The first-order valence-corrected chi connectivity index (χ1v) is 15.7. The first kappa shape index (κ1) is 29.2. The highest BCUT2D eigenvalue weighted by molar-refractivity contribution is 7.70. The highest BCUT2D eigenvalue weighted by atomic mass is 35.5. The van der Waals surface area contributed by atoms with Gasteiger partial charge in [0.15, 0.2) is 5.82 Å². The largest absolute Gasteiger partial charge is 0.495 e. The van der Waals surface area contributed by atoms with Crippen LogP contribution in [0, 0.1) is 11.8 Å². The van der Waals surface area contributed by atoms with Crippen LogP contribution in [0.5, 0.6) is 5.75 Å². The van der Waals surface area contributed by atoms with Gasteiger partial charge >= 0.3 is 0 Å². The predicted molar refractivity (Wildman–Crippen MR) is 164 cm³/mol. The number of carbonyl (C=O) groups excluding carboxylic acids is 1. The van der Waals surface area contributed by atoms with Gasteiger partial charge in [0.2, 0.25) is 11.9 Å². The molecule has 9 nitrogen and oxygen atoms in total. The number of nitrogens with one attached hydrogen (secondary N) is 3. The van der Waals surface area contributed by atoms with Gasteiger partial charge in [-0.2, -0.15) is 4.98 Å². The lowest BCUT2D eigenvalue weighted by molar-refractivity contribution is -0.111. The van der Waals surface area contributed by atoms with Crippen molar-refractivity contribution in [3.05, 3.63) is 65.8 Å². The zero-order valence-corrected chi connectivity index (χ0v) is 24.4. The Morgan fingerprint density at radius 2 is 1.93 bits per heavy atom. The lowest BCUT2D eigenvalue weighted by Crippen LogP contribution is -2.19. The second kappa shape index (κ2) is 13.0. The standard InChI is InChI=1S/C29H32ClN6O3P/c1-5-27(37)32-23-18-24(25(39-2)17-20(23)11-10-16-36-14-8-9-15-36)34-29-31-19-21(30)28(35-29)33-22-12-6-7-13-26(22)40(3,4)38/h5-7,12-13,17-19H,1,8-9,14-16H2,2-4H3,(H,32,37)(H2,31,33,34,35). The molecule has 1 fully saturated rings. The van der Waals surface area contributed by atoms with E-state index in [2.05, 4.69) is 49.2 Å². The summed E-state index contributed by atoms with van der Waals surface area (Å²) in [4.78, 5) is 23.3. The molecule has 1 saturated heterocycles. The maximum atomic E-state index is 12.8. The van der Waals surface area contributed by atoms with Crippen molar-refractivity contribution in [2.75, 3.05) is 56.0 Å². The maximum Gasteiger partial charge on any atom is 0.247 e. The average Bonchev–Trinajstić information content (AvgIpc) is 3.45. The number of ether oxygens (including phenoxy) is 1. The normalized spacial score (nSPS) is 13.2. The van der Waals surface area contributed by atoms with Crippen molar-refractivity contribution in [3.8, 4) is 17.6 Å². The molecule has 0 bridgehead atoms. The summed E-state index contributed by atoms with van der Waals surface area (Å²) >= 11 is 6.40. The van der Waals surface area contributed by atoms with E-state index in [-0.39, 0.29) is 16.9 Å². The van der Waals surface area contributed by atoms with Crippen LogP contribution in [0.2, 0.25) is 5.02 Å². The molecule has 4 rings (SSSR count). The second-order valence-corrected chi connectivity index (χ2v) is 13.2. The molecule has 0 radical (unpaired) electrons. The molecule has 3 aromatic rings. The third kappa shape index (κ3) is 7.42. The molecule has 2 aromatic carbocycles. The number of benzene rings is 2. The number of carbonyl (C=O) groups is 1. The van der Waals surface area contributed by atoms with Crippen molar-refractivity contribution in [2.45, 2.75) is 12.8 Å². The van der Waals surface area contributed by atoms with E-state index in [1.54, 1.807) is 32.6 Å². The van der Waals surface area contributed by atoms with E-state index in [4.69, 9.17) is 16.3 Å². The Morgan fingerprint density at radius 1 is 1.18 bits per heavy atom. The lowest BCUT2D eigenvalue weighted by atomic mass is 10.1. The van der Waals surface area contributed by atoms with Crippen LogP contribution in [-0.4, -0.2) is 60.8 Å². The topological polar surface area (TPSA) is 108 Å². The summed E-state index contributed by atoms with van der Waals surface area (Å²) in [6.45, 7) is 9.70. The fourth-order valence-corrected chi connectivity index (χ4v) is 5.53. The molecular weight excluding hydrogens is 547 g/mol. The van der Waals surface area contributed by atoms with E-state index >= 15 is 0 Å². The molecule has 0 atom stereocenters. The first-order chi connectivity index (χ1) is 19.2. The molecule has 11 heteroatoms. The van der Waals surface area contributed by atoms with Gasteiger partial charge in [-0.25, -0.2) is 4.98 Å². The van der Waals surface area contributed by atoms with E-state index in [0.29, 0.717) is 46.0 Å². The predicted octanol–water partition coefficient (Wildman–Crippen LogP) is 5.45. The van der Waals surface area contributed by atoms with Crippen molar-refractivity contribution in [1.82, 2.24) is 14.9 Å². The van der Waals surface area contributed by atoms with Crippen LogP contribution in [0.1, 0.15) is 18.4 Å². The lowest BCUT2D eigenvalue weighted by Gasteiger charge is -2.17. The number of para-hydroxylation sites is 1. The van der Waals surface area contributed by atoms with Crippen molar-refractivity contribution >= 4 is 58.8 Å². The summed E-state index contributed by atoms with van der Waals surface area (Å²) in [5.41, 5.74) is 2.25. The van der Waals surface area contributed by atoms with Crippen molar-refractivity contribution < 1.29 is 14.1 Å². The van der Waals surface area contributed by atoms with Gasteiger partial charge in [0.05, 0.1) is 42.5 Å². The molecule has 0 aliphatic carbocycles. The third-order valence-electron chi connectivity index (χ3n) is 6.24. The molecule has 1 aromatic heterocycles. The van der Waals surface area contributed by atoms with Gasteiger partial charge in [-0.1, -0.05) is 42.2 Å². The second-order valence-electron chi connectivity index (χ2n) is 9.58. The van der Waals surface area contributed by atoms with Gasteiger partial charge in [0, 0.05) is 11.4 Å². The van der Waals surface area contributed by atoms with Gasteiger partial charge in [-0.05, 0) is 63.5 Å². The monoisotopic (exact) mass is 578 g/mol. The van der Waals surface area contributed by atoms with E-state index in [0.717, 1.165) is 13.1 Å². The summed E-state index contributed by atoms with van der Waals surface area (Å²) in [6.07, 6.45) is 5.03. The minimum Gasteiger partial charge on any atom is -0.495 e. The Bertz CT molecular complexity index is 1520. The maximum absolute atomic E-state index is 12.8. The van der Waals surface area contributed by atoms with Gasteiger partial charge in [0.1, 0.15) is 17.9 Å². The summed E-state index contributed by atoms with van der Waals surface area (Å²) in [5, 5.41) is 10.1. The summed E-state index contributed by atoms with van der Waals surface area (Å²) in [5.74, 6) is 7.06. The van der Waals surface area contributed by atoms with Crippen LogP contribution in [-0.2, 0) is 9.36 Å². The van der Waals surface area contributed by atoms with Crippen LogP contribution in [0.4, 0.5) is 28.8 Å². The molecule has 40 heavy (non-hydrogen) atoms. The summed E-state index contributed by atoms with van der Waals surface area (Å²) in [6, 6.07) is 10.8. The van der Waals surface area contributed by atoms with Crippen LogP contribution >= 0.6 is 18.7 Å². The van der Waals surface area contributed by atoms with Gasteiger partial charge in [0.25, 0.3) is 0 Å². The molecule has 1 amide bonds. The number of hydrogen-bond acceptors (Lipinski definition) is 8. The Labute approximate surface area is 239 Å². The fourth-order valence-electron chi connectivity index (χ4n) is 4.24. The van der Waals surface area contributed by atoms with Gasteiger partial charge in [-0.15, -0.1) is 0 Å². The zero-order valence-electron chi connectivity index (χ0n) is 22.8. The van der Waals surface area contributed by atoms with Crippen LogP contribution < -0.4 is 26.0 Å². The number of aromatic nitrogens is 2. The number of hydrogen-bond donors (Lipinski definition) is 3. The number of methoxy groups -OCH3 is 1. The van der Waals surface area contributed by atoms with Crippen LogP contribution in [0.3, 0.4) is 0 Å². The number of anilines is 5. The molecule has 1 aliphatic heterocycles. The minimum absolute atomic E-state index is 0.229. The van der Waals surface area contributed by atoms with Crippen molar-refractivity contribution in [3.63, 3.8) is 0 Å². The molecule has 208 valence electrons. The molecule has 0 saturated carbocycles. The zero-order chi connectivity index (χ0) is 28.7. The van der Waals surface area contributed by atoms with E-state index < -0.39 is 7.14 Å². The fraction of sp³-hybridized carbons (Fsp3) is 0.276. The number of amides is 1. The van der Waals surface area contributed by atoms with E-state index in [9.17, 15) is 9.36 Å². The third-order valence-corrected chi connectivity index (χ3v) is 8.06. The SMILES string of the molecule is C=CC(=O)Nc1cc(Nc2ncc(Cl)c(Nc3ccccc3P(C)(C)=O)n2)c(OC)cc1C#CCN1CCCC1. The summed E-state index contributed by atoms with van der Waals surface area (Å²) in [7, 11) is -1.01. The Morgan fingerprint density at radius 3 is 2.62 bits per heavy atom.